The van der Waals surface area contributed by atoms with E-state index in [2.05, 4.69) is 27.1 Å². The van der Waals surface area contributed by atoms with Crippen LogP contribution >= 0.6 is 0 Å². The summed E-state index contributed by atoms with van der Waals surface area (Å²) in [4.78, 5) is 21.8. The molecule has 24 heavy (non-hydrogen) atoms. The van der Waals surface area contributed by atoms with Crippen molar-refractivity contribution in [2.24, 2.45) is 5.92 Å². The monoisotopic (exact) mass is 329 g/mol. The van der Waals surface area contributed by atoms with E-state index in [9.17, 15) is 10.1 Å². The van der Waals surface area contributed by atoms with Gasteiger partial charge in [-0.15, -0.1) is 0 Å². The van der Waals surface area contributed by atoms with Gasteiger partial charge in [-0.1, -0.05) is 19.4 Å². The molecule has 0 aliphatic carbocycles. The van der Waals surface area contributed by atoms with Gasteiger partial charge in [0.15, 0.2) is 0 Å². The average Bonchev–Trinajstić information content (AvgIpc) is 2.60. The van der Waals surface area contributed by atoms with E-state index in [1.807, 2.05) is 0 Å². The molecule has 1 unspecified atom stereocenters. The molecule has 0 amide bonds. The third-order valence-corrected chi connectivity index (χ3v) is 4.47. The fourth-order valence-electron chi connectivity index (χ4n) is 3.30. The average molecular weight is 329 g/mol. The van der Waals surface area contributed by atoms with E-state index in [0.717, 1.165) is 13.1 Å². The highest BCUT2D eigenvalue weighted by Gasteiger charge is 2.18. The molecular formula is C17H23N5O2. The van der Waals surface area contributed by atoms with Crippen molar-refractivity contribution in [1.82, 2.24) is 14.9 Å². The molecule has 1 N–H and O–H groups in total. The van der Waals surface area contributed by atoms with Crippen molar-refractivity contribution in [3.63, 3.8) is 0 Å². The van der Waals surface area contributed by atoms with Crippen molar-refractivity contribution in [3.05, 3.63) is 34.6 Å². The normalized spacial score (nSPS) is 16.9. The third kappa shape index (κ3) is 3.79. The number of nitro groups is 1. The van der Waals surface area contributed by atoms with Crippen LogP contribution in [0.15, 0.2) is 24.5 Å². The first-order valence-electron chi connectivity index (χ1n) is 8.49. The van der Waals surface area contributed by atoms with E-state index in [-0.39, 0.29) is 10.6 Å². The maximum atomic E-state index is 11.3. The summed E-state index contributed by atoms with van der Waals surface area (Å²) >= 11 is 0. The van der Waals surface area contributed by atoms with Crippen LogP contribution in [0.5, 0.6) is 0 Å². The van der Waals surface area contributed by atoms with Gasteiger partial charge >= 0.3 is 0 Å². The number of nitrogens with zero attached hydrogens (tertiary/aromatic N) is 4. The molecule has 3 rings (SSSR count). The van der Waals surface area contributed by atoms with E-state index in [0.29, 0.717) is 22.6 Å². The maximum absolute atomic E-state index is 11.3. The standard InChI is InChI=1S/C17H23N5O2/c1-13(11-21-8-3-2-4-9-21)10-18-17-16-14(19-12-20-17)6-5-7-15(16)22(23)24/h5-7,12-13H,2-4,8-11H2,1H3,(H,18,19,20). The predicted molar refractivity (Wildman–Crippen MR) is 94.1 cm³/mol. The summed E-state index contributed by atoms with van der Waals surface area (Å²) in [6, 6.07) is 4.91. The first-order chi connectivity index (χ1) is 11.6. The fraction of sp³-hybridized carbons (Fsp3) is 0.529. The Morgan fingerprint density at radius 2 is 2.08 bits per heavy atom. The first-order valence-corrected chi connectivity index (χ1v) is 8.49. The molecule has 1 atom stereocenters. The number of likely N-dealkylation sites (tertiary alicyclic amines) is 1. The van der Waals surface area contributed by atoms with Crippen molar-refractivity contribution < 1.29 is 4.92 Å². The van der Waals surface area contributed by atoms with Crippen LogP contribution in [-0.2, 0) is 0 Å². The first kappa shape index (κ1) is 16.6. The van der Waals surface area contributed by atoms with Gasteiger partial charge < -0.3 is 10.2 Å². The minimum atomic E-state index is -0.381. The Morgan fingerprint density at radius 1 is 1.29 bits per heavy atom. The van der Waals surface area contributed by atoms with Crippen molar-refractivity contribution >= 4 is 22.4 Å². The third-order valence-electron chi connectivity index (χ3n) is 4.47. The summed E-state index contributed by atoms with van der Waals surface area (Å²) in [5.41, 5.74) is 0.629. The molecule has 128 valence electrons. The highest BCUT2D eigenvalue weighted by atomic mass is 16.6. The molecule has 1 aromatic heterocycles. The molecule has 1 aliphatic rings. The quantitative estimate of drug-likeness (QED) is 0.647. The van der Waals surface area contributed by atoms with Crippen LogP contribution in [0, 0.1) is 16.0 Å². The molecular weight excluding hydrogens is 306 g/mol. The Hall–Kier alpha value is -2.28. The van der Waals surface area contributed by atoms with Crippen LogP contribution < -0.4 is 5.32 Å². The highest BCUT2D eigenvalue weighted by Crippen LogP contribution is 2.29. The number of hydrogen-bond donors (Lipinski definition) is 1. The number of benzene rings is 1. The summed E-state index contributed by atoms with van der Waals surface area (Å²) in [5.74, 6) is 0.980. The number of aromatic nitrogens is 2. The summed E-state index contributed by atoms with van der Waals surface area (Å²) < 4.78 is 0. The van der Waals surface area contributed by atoms with Crippen LogP contribution in [0.2, 0.25) is 0 Å². The number of anilines is 1. The maximum Gasteiger partial charge on any atom is 0.282 e. The van der Waals surface area contributed by atoms with Crippen LogP contribution in [0.3, 0.4) is 0 Å². The zero-order valence-corrected chi connectivity index (χ0v) is 13.9. The highest BCUT2D eigenvalue weighted by molar-refractivity contribution is 5.96. The van der Waals surface area contributed by atoms with Crippen LogP contribution in [0.1, 0.15) is 26.2 Å². The molecule has 7 heteroatoms. The second kappa shape index (κ2) is 7.53. The summed E-state index contributed by atoms with van der Waals surface area (Å²) in [7, 11) is 0. The summed E-state index contributed by atoms with van der Waals surface area (Å²) in [6.07, 6.45) is 5.34. The molecule has 2 aromatic rings. The van der Waals surface area contributed by atoms with E-state index in [4.69, 9.17) is 0 Å². The number of fused-ring (bicyclic) bond motifs is 1. The zero-order valence-electron chi connectivity index (χ0n) is 13.9. The van der Waals surface area contributed by atoms with Gasteiger partial charge in [0.05, 0.1) is 10.4 Å². The van der Waals surface area contributed by atoms with Crippen molar-refractivity contribution in [2.75, 3.05) is 31.5 Å². The lowest BCUT2D eigenvalue weighted by atomic mass is 10.1. The van der Waals surface area contributed by atoms with Gasteiger partial charge in [-0.05, 0) is 37.9 Å². The Bertz CT molecular complexity index is 710. The second-order valence-corrected chi connectivity index (χ2v) is 6.50. The number of nitrogens with one attached hydrogen (secondary N) is 1. The smallest absolute Gasteiger partial charge is 0.282 e. The Labute approximate surface area is 141 Å². The minimum Gasteiger partial charge on any atom is -0.369 e. The summed E-state index contributed by atoms with van der Waals surface area (Å²) in [6.45, 7) is 6.31. The van der Waals surface area contributed by atoms with E-state index in [1.54, 1.807) is 12.1 Å². The van der Waals surface area contributed by atoms with Gasteiger partial charge in [0.2, 0.25) is 0 Å². The molecule has 7 nitrogen and oxygen atoms in total. The largest absolute Gasteiger partial charge is 0.369 e. The number of rotatable bonds is 6. The van der Waals surface area contributed by atoms with Crippen molar-refractivity contribution in [2.45, 2.75) is 26.2 Å². The number of hydrogen-bond acceptors (Lipinski definition) is 6. The van der Waals surface area contributed by atoms with E-state index in [1.165, 1.54) is 44.7 Å². The molecule has 2 heterocycles. The molecule has 0 radical (unpaired) electrons. The lowest BCUT2D eigenvalue weighted by Crippen LogP contribution is -2.35. The molecule has 1 fully saturated rings. The van der Waals surface area contributed by atoms with Crippen molar-refractivity contribution in [1.29, 1.82) is 0 Å². The molecule has 1 aromatic carbocycles. The van der Waals surface area contributed by atoms with Crippen molar-refractivity contribution in [3.8, 4) is 0 Å². The summed E-state index contributed by atoms with van der Waals surface area (Å²) in [5, 5.41) is 15.1. The lowest BCUT2D eigenvalue weighted by molar-refractivity contribution is -0.383. The van der Waals surface area contributed by atoms with Gasteiger partial charge in [0.25, 0.3) is 5.69 Å². The van der Waals surface area contributed by atoms with E-state index >= 15 is 0 Å². The molecule has 0 bridgehead atoms. The lowest BCUT2D eigenvalue weighted by Gasteiger charge is -2.29. The fourth-order valence-corrected chi connectivity index (χ4v) is 3.30. The van der Waals surface area contributed by atoms with Gasteiger partial charge in [0, 0.05) is 19.2 Å². The number of piperidine rings is 1. The second-order valence-electron chi connectivity index (χ2n) is 6.50. The Balaban J connectivity index is 1.71. The van der Waals surface area contributed by atoms with Gasteiger partial charge in [-0.2, -0.15) is 0 Å². The molecule has 1 aliphatic heterocycles. The zero-order chi connectivity index (χ0) is 16.9. The van der Waals surface area contributed by atoms with E-state index < -0.39 is 0 Å². The number of non-ortho nitro benzene ring substituents is 1. The SMILES string of the molecule is CC(CNc1ncnc2cccc([N+](=O)[O-])c12)CN1CCCCC1. The Morgan fingerprint density at radius 3 is 2.83 bits per heavy atom. The van der Waals surface area contributed by atoms with Gasteiger partial charge in [-0.3, -0.25) is 10.1 Å². The molecule has 0 saturated carbocycles. The minimum absolute atomic E-state index is 0.0410. The molecule has 0 spiro atoms. The van der Waals surface area contributed by atoms with Crippen LogP contribution in [0.25, 0.3) is 10.9 Å². The Kier molecular flexibility index (Phi) is 5.20. The molecule has 1 saturated heterocycles. The number of nitro benzene ring substituents is 1. The van der Waals surface area contributed by atoms with Gasteiger partial charge in [0.1, 0.15) is 17.5 Å². The topological polar surface area (TPSA) is 84.2 Å². The van der Waals surface area contributed by atoms with Crippen LogP contribution in [0.4, 0.5) is 11.5 Å². The predicted octanol–water partition coefficient (Wildman–Crippen LogP) is 3.07. The van der Waals surface area contributed by atoms with Crippen LogP contribution in [-0.4, -0.2) is 46.0 Å². The van der Waals surface area contributed by atoms with Gasteiger partial charge in [-0.25, -0.2) is 9.97 Å².